The maximum absolute atomic E-state index is 5.87. The molecular formula is C17H27NO2. The van der Waals surface area contributed by atoms with Gasteiger partial charge in [0.1, 0.15) is 5.75 Å². The Bertz CT molecular complexity index is 431. The lowest BCUT2D eigenvalue weighted by Crippen LogP contribution is -2.37. The van der Waals surface area contributed by atoms with Gasteiger partial charge < -0.3 is 14.8 Å². The molecule has 0 aliphatic carbocycles. The lowest BCUT2D eigenvalue weighted by Gasteiger charge is -2.31. The molecular weight excluding hydrogens is 250 g/mol. The van der Waals surface area contributed by atoms with Gasteiger partial charge in [0.25, 0.3) is 0 Å². The highest BCUT2D eigenvalue weighted by Crippen LogP contribution is 2.36. The van der Waals surface area contributed by atoms with Crippen molar-refractivity contribution in [2.45, 2.75) is 45.8 Å². The molecule has 0 fully saturated rings. The summed E-state index contributed by atoms with van der Waals surface area (Å²) in [6, 6.07) is 6.66. The van der Waals surface area contributed by atoms with Gasteiger partial charge in [0, 0.05) is 19.1 Å². The second-order valence-electron chi connectivity index (χ2n) is 5.81. The summed E-state index contributed by atoms with van der Waals surface area (Å²) >= 11 is 0. The molecule has 1 aromatic rings. The van der Waals surface area contributed by atoms with E-state index < -0.39 is 0 Å². The van der Waals surface area contributed by atoms with E-state index in [0.29, 0.717) is 5.92 Å². The highest BCUT2D eigenvalue weighted by Gasteiger charge is 2.30. The first kappa shape index (κ1) is 15.3. The third kappa shape index (κ3) is 3.15. The summed E-state index contributed by atoms with van der Waals surface area (Å²) in [5, 5.41) is 3.64. The molecule has 2 atom stereocenters. The number of hydrogen-bond acceptors (Lipinski definition) is 3. The molecule has 2 unspecified atom stereocenters. The van der Waals surface area contributed by atoms with Crippen LogP contribution in [0.2, 0.25) is 0 Å². The molecule has 1 heterocycles. The monoisotopic (exact) mass is 277 g/mol. The fourth-order valence-electron chi connectivity index (χ4n) is 2.98. The minimum atomic E-state index is 0.150. The smallest absolute Gasteiger partial charge is 0.127 e. The van der Waals surface area contributed by atoms with Crippen molar-refractivity contribution in [3.8, 4) is 5.75 Å². The summed E-state index contributed by atoms with van der Waals surface area (Å²) in [6.07, 6.45) is 2.28. The zero-order valence-corrected chi connectivity index (χ0v) is 13.1. The van der Waals surface area contributed by atoms with E-state index in [-0.39, 0.29) is 12.1 Å². The molecule has 0 radical (unpaired) electrons. The zero-order chi connectivity index (χ0) is 14.5. The van der Waals surface area contributed by atoms with Crippen molar-refractivity contribution in [2.24, 2.45) is 5.92 Å². The van der Waals surface area contributed by atoms with Crippen LogP contribution in [0.25, 0.3) is 0 Å². The van der Waals surface area contributed by atoms with E-state index in [0.717, 1.165) is 31.7 Å². The Kier molecular flexibility index (Phi) is 5.44. The van der Waals surface area contributed by atoms with Crippen LogP contribution < -0.4 is 10.1 Å². The lowest BCUT2D eigenvalue weighted by molar-refractivity contribution is 0.0320. The van der Waals surface area contributed by atoms with Crippen LogP contribution in [0.3, 0.4) is 0 Å². The fourth-order valence-corrected chi connectivity index (χ4v) is 2.98. The van der Waals surface area contributed by atoms with E-state index in [1.165, 1.54) is 11.1 Å². The maximum atomic E-state index is 5.87. The molecule has 112 valence electrons. The Morgan fingerprint density at radius 2 is 2.15 bits per heavy atom. The predicted molar refractivity (Wildman–Crippen MR) is 82.3 cm³/mol. The molecule has 0 saturated carbocycles. The Hall–Kier alpha value is -1.06. The molecule has 1 N–H and O–H groups in total. The molecule has 1 aromatic carbocycles. The lowest BCUT2D eigenvalue weighted by atomic mass is 9.91. The first-order valence-electron chi connectivity index (χ1n) is 7.69. The molecule has 2 rings (SSSR count). The highest BCUT2D eigenvalue weighted by atomic mass is 16.5. The van der Waals surface area contributed by atoms with Crippen molar-refractivity contribution in [1.82, 2.24) is 5.32 Å². The molecule has 0 spiro atoms. The van der Waals surface area contributed by atoms with Crippen molar-refractivity contribution < 1.29 is 9.47 Å². The van der Waals surface area contributed by atoms with Crippen LogP contribution in [0, 0.1) is 5.92 Å². The molecule has 0 saturated heterocycles. The fraction of sp³-hybridized carbons (Fsp3) is 0.647. The van der Waals surface area contributed by atoms with E-state index in [9.17, 15) is 0 Å². The van der Waals surface area contributed by atoms with Crippen LogP contribution in [0.4, 0.5) is 0 Å². The molecule has 3 heteroatoms. The highest BCUT2D eigenvalue weighted by molar-refractivity contribution is 5.46. The van der Waals surface area contributed by atoms with Gasteiger partial charge >= 0.3 is 0 Å². The number of benzene rings is 1. The molecule has 0 amide bonds. The van der Waals surface area contributed by atoms with Crippen LogP contribution in [-0.2, 0) is 11.2 Å². The van der Waals surface area contributed by atoms with Crippen LogP contribution in [-0.4, -0.2) is 26.4 Å². The number of ether oxygens (including phenoxy) is 2. The number of fused-ring (bicyclic) bond motifs is 1. The first-order chi connectivity index (χ1) is 9.69. The molecule has 1 aliphatic rings. The van der Waals surface area contributed by atoms with E-state index in [1.807, 2.05) is 0 Å². The quantitative estimate of drug-likeness (QED) is 0.829. The van der Waals surface area contributed by atoms with Gasteiger partial charge in [-0.2, -0.15) is 0 Å². The second-order valence-corrected chi connectivity index (χ2v) is 5.81. The SMILES string of the molecule is CCCNC(c1cccc2c1OCC2)C(OC)C(C)C. The summed E-state index contributed by atoms with van der Waals surface area (Å²) < 4.78 is 11.6. The van der Waals surface area contributed by atoms with Gasteiger partial charge in [0.15, 0.2) is 0 Å². The molecule has 1 aliphatic heterocycles. The standard InChI is InChI=1S/C17H27NO2/c1-5-10-18-15(16(19-4)12(2)3)14-8-6-7-13-9-11-20-17(13)14/h6-8,12,15-16,18H,5,9-11H2,1-4H3. The Labute approximate surface area is 122 Å². The minimum Gasteiger partial charge on any atom is -0.493 e. The summed E-state index contributed by atoms with van der Waals surface area (Å²) in [5.74, 6) is 1.52. The summed E-state index contributed by atoms with van der Waals surface area (Å²) in [6.45, 7) is 8.39. The normalized spacial score (nSPS) is 16.9. The molecule has 20 heavy (non-hydrogen) atoms. The van der Waals surface area contributed by atoms with E-state index in [4.69, 9.17) is 9.47 Å². The second kappa shape index (κ2) is 7.09. The minimum absolute atomic E-state index is 0.150. The van der Waals surface area contributed by atoms with Crippen LogP contribution in [0.1, 0.15) is 44.4 Å². The van der Waals surface area contributed by atoms with Gasteiger partial charge in [0.05, 0.1) is 18.8 Å². The van der Waals surface area contributed by atoms with Gasteiger partial charge in [0.2, 0.25) is 0 Å². The average Bonchev–Trinajstić information content (AvgIpc) is 2.91. The zero-order valence-electron chi connectivity index (χ0n) is 13.1. The largest absolute Gasteiger partial charge is 0.493 e. The average molecular weight is 277 g/mol. The summed E-state index contributed by atoms with van der Waals surface area (Å²) in [4.78, 5) is 0. The van der Waals surface area contributed by atoms with E-state index >= 15 is 0 Å². The first-order valence-corrected chi connectivity index (χ1v) is 7.69. The van der Waals surface area contributed by atoms with Crippen LogP contribution in [0.15, 0.2) is 18.2 Å². The van der Waals surface area contributed by atoms with Crippen LogP contribution >= 0.6 is 0 Å². The number of hydrogen-bond donors (Lipinski definition) is 1. The van der Waals surface area contributed by atoms with Crippen molar-refractivity contribution in [2.75, 3.05) is 20.3 Å². The Morgan fingerprint density at radius 1 is 1.35 bits per heavy atom. The number of rotatable bonds is 7. The van der Waals surface area contributed by atoms with Crippen LogP contribution in [0.5, 0.6) is 5.75 Å². The van der Waals surface area contributed by atoms with Gasteiger partial charge in [-0.05, 0) is 24.4 Å². The van der Waals surface area contributed by atoms with Crippen molar-refractivity contribution in [3.05, 3.63) is 29.3 Å². The third-order valence-electron chi connectivity index (χ3n) is 3.95. The number of methoxy groups -OCH3 is 1. The molecule has 3 nitrogen and oxygen atoms in total. The third-order valence-corrected chi connectivity index (χ3v) is 3.95. The Morgan fingerprint density at radius 3 is 2.80 bits per heavy atom. The summed E-state index contributed by atoms with van der Waals surface area (Å²) in [5.41, 5.74) is 2.57. The van der Waals surface area contributed by atoms with Gasteiger partial charge in [-0.15, -0.1) is 0 Å². The molecule has 0 bridgehead atoms. The summed E-state index contributed by atoms with van der Waals surface area (Å²) in [7, 11) is 1.80. The topological polar surface area (TPSA) is 30.5 Å². The van der Waals surface area contributed by atoms with E-state index in [1.54, 1.807) is 7.11 Å². The maximum Gasteiger partial charge on any atom is 0.127 e. The van der Waals surface area contributed by atoms with Crippen molar-refractivity contribution >= 4 is 0 Å². The van der Waals surface area contributed by atoms with Gasteiger partial charge in [-0.3, -0.25) is 0 Å². The van der Waals surface area contributed by atoms with Crippen molar-refractivity contribution in [1.29, 1.82) is 0 Å². The van der Waals surface area contributed by atoms with Gasteiger partial charge in [-0.25, -0.2) is 0 Å². The molecule has 0 aromatic heterocycles. The van der Waals surface area contributed by atoms with Gasteiger partial charge in [-0.1, -0.05) is 39.0 Å². The number of para-hydroxylation sites is 1. The number of nitrogens with one attached hydrogen (secondary N) is 1. The van der Waals surface area contributed by atoms with E-state index in [2.05, 4.69) is 44.3 Å². The van der Waals surface area contributed by atoms with Crippen molar-refractivity contribution in [3.63, 3.8) is 0 Å². The predicted octanol–water partition coefficient (Wildman–Crippen LogP) is 3.33. The Balaban J connectivity index is 2.33.